The number of nitrogens with zero attached hydrogens (tertiary/aromatic N) is 1. The summed E-state index contributed by atoms with van der Waals surface area (Å²) in [5.41, 5.74) is 6.43. The summed E-state index contributed by atoms with van der Waals surface area (Å²) in [6.45, 7) is 2.83. The minimum Gasteiger partial charge on any atom is -0.439 e. The van der Waals surface area contributed by atoms with E-state index in [2.05, 4.69) is 11.9 Å². The van der Waals surface area contributed by atoms with Crippen LogP contribution in [0.4, 0.5) is 4.39 Å². The van der Waals surface area contributed by atoms with Crippen molar-refractivity contribution in [3.8, 4) is 0 Å². The molecule has 98 valence electrons. The largest absolute Gasteiger partial charge is 0.439 e. The molecular weight excluding hydrogens is 255 g/mol. The van der Waals surface area contributed by atoms with Crippen LogP contribution in [0.2, 0.25) is 5.02 Å². The first-order valence-corrected chi connectivity index (χ1v) is 6.42. The molecule has 0 saturated heterocycles. The fourth-order valence-electron chi connectivity index (χ4n) is 1.91. The van der Waals surface area contributed by atoms with E-state index < -0.39 is 5.82 Å². The van der Waals surface area contributed by atoms with Crippen LogP contribution >= 0.6 is 11.6 Å². The van der Waals surface area contributed by atoms with Gasteiger partial charge in [0.25, 0.3) is 0 Å². The second-order valence-electron chi connectivity index (χ2n) is 4.56. The molecule has 0 saturated carbocycles. The van der Waals surface area contributed by atoms with Crippen molar-refractivity contribution >= 4 is 22.7 Å². The summed E-state index contributed by atoms with van der Waals surface area (Å²) in [4.78, 5) is 4.24. The van der Waals surface area contributed by atoms with Crippen LogP contribution in [0.15, 0.2) is 16.5 Å². The Kier molecular flexibility index (Phi) is 4.19. The third-order valence-corrected chi connectivity index (χ3v) is 3.25. The molecule has 5 heteroatoms. The Morgan fingerprint density at radius 3 is 2.94 bits per heavy atom. The first-order valence-electron chi connectivity index (χ1n) is 6.04. The van der Waals surface area contributed by atoms with Gasteiger partial charge < -0.3 is 10.2 Å². The molecule has 0 bridgehead atoms. The Morgan fingerprint density at radius 1 is 1.44 bits per heavy atom. The Labute approximate surface area is 110 Å². The van der Waals surface area contributed by atoms with E-state index in [-0.39, 0.29) is 5.02 Å². The summed E-state index contributed by atoms with van der Waals surface area (Å²) in [5.74, 6) is 0.724. The lowest BCUT2D eigenvalue weighted by atomic mass is 10.0. The van der Waals surface area contributed by atoms with Gasteiger partial charge in [-0.1, -0.05) is 18.5 Å². The molecule has 1 aromatic carbocycles. The molecule has 0 amide bonds. The monoisotopic (exact) mass is 270 g/mol. The molecule has 1 heterocycles. The summed E-state index contributed by atoms with van der Waals surface area (Å²) in [7, 11) is 0. The minimum atomic E-state index is -0.399. The summed E-state index contributed by atoms with van der Waals surface area (Å²) in [5, 5.41) is 0.263. The second-order valence-corrected chi connectivity index (χ2v) is 4.97. The number of aromatic nitrogens is 1. The van der Waals surface area contributed by atoms with Crippen LogP contribution in [-0.2, 0) is 6.42 Å². The van der Waals surface area contributed by atoms with Crippen LogP contribution in [0.1, 0.15) is 25.7 Å². The number of aryl methyl sites for hydroxylation is 1. The zero-order valence-corrected chi connectivity index (χ0v) is 11.0. The van der Waals surface area contributed by atoms with Crippen molar-refractivity contribution in [2.24, 2.45) is 11.7 Å². The SMILES string of the molecule is CC(CCN)CCc1nc2cc(F)cc(Cl)c2o1. The molecule has 1 aromatic heterocycles. The number of hydrogen-bond acceptors (Lipinski definition) is 3. The van der Waals surface area contributed by atoms with E-state index in [4.69, 9.17) is 21.8 Å². The molecule has 3 nitrogen and oxygen atoms in total. The zero-order chi connectivity index (χ0) is 13.1. The molecular formula is C13H16ClFN2O. The van der Waals surface area contributed by atoms with Crippen molar-refractivity contribution in [1.82, 2.24) is 4.98 Å². The lowest BCUT2D eigenvalue weighted by Gasteiger charge is -2.06. The van der Waals surface area contributed by atoms with Crippen LogP contribution in [0.5, 0.6) is 0 Å². The highest BCUT2D eigenvalue weighted by atomic mass is 35.5. The number of oxazole rings is 1. The average Bonchev–Trinajstić information content (AvgIpc) is 2.70. The molecule has 1 atom stereocenters. The van der Waals surface area contributed by atoms with Gasteiger partial charge in [0, 0.05) is 12.5 Å². The lowest BCUT2D eigenvalue weighted by Crippen LogP contribution is -2.06. The fraction of sp³-hybridized carbons (Fsp3) is 0.462. The van der Waals surface area contributed by atoms with Crippen molar-refractivity contribution in [2.45, 2.75) is 26.2 Å². The van der Waals surface area contributed by atoms with Crippen LogP contribution in [0.25, 0.3) is 11.1 Å². The molecule has 2 aromatic rings. The highest BCUT2D eigenvalue weighted by molar-refractivity contribution is 6.34. The maximum absolute atomic E-state index is 13.1. The van der Waals surface area contributed by atoms with Gasteiger partial charge in [-0.05, 0) is 31.4 Å². The molecule has 2 rings (SSSR count). The lowest BCUT2D eigenvalue weighted by molar-refractivity contribution is 0.451. The minimum absolute atomic E-state index is 0.263. The van der Waals surface area contributed by atoms with E-state index in [0.717, 1.165) is 12.8 Å². The summed E-state index contributed by atoms with van der Waals surface area (Å²) < 4.78 is 18.7. The van der Waals surface area contributed by atoms with Crippen molar-refractivity contribution < 1.29 is 8.81 Å². The molecule has 0 aliphatic heterocycles. The van der Waals surface area contributed by atoms with Gasteiger partial charge >= 0.3 is 0 Å². The Bertz CT molecular complexity index is 541. The van der Waals surface area contributed by atoms with Crippen LogP contribution in [0.3, 0.4) is 0 Å². The first-order chi connectivity index (χ1) is 8.60. The van der Waals surface area contributed by atoms with Crippen LogP contribution in [0, 0.1) is 11.7 Å². The predicted octanol–water partition coefficient (Wildman–Crippen LogP) is 3.54. The molecule has 2 N–H and O–H groups in total. The van der Waals surface area contributed by atoms with E-state index in [9.17, 15) is 4.39 Å². The number of halogens is 2. The normalized spacial score (nSPS) is 13.1. The summed E-state index contributed by atoms with van der Waals surface area (Å²) in [6, 6.07) is 2.56. The van der Waals surface area contributed by atoms with E-state index >= 15 is 0 Å². The molecule has 0 aliphatic carbocycles. The van der Waals surface area contributed by atoms with Gasteiger partial charge in [0.05, 0.1) is 5.02 Å². The Morgan fingerprint density at radius 2 is 2.22 bits per heavy atom. The van der Waals surface area contributed by atoms with Crippen molar-refractivity contribution in [2.75, 3.05) is 6.54 Å². The number of benzene rings is 1. The molecule has 0 spiro atoms. The second kappa shape index (κ2) is 5.67. The quantitative estimate of drug-likeness (QED) is 0.904. The smallest absolute Gasteiger partial charge is 0.195 e. The Hall–Kier alpha value is -1.13. The maximum Gasteiger partial charge on any atom is 0.195 e. The summed E-state index contributed by atoms with van der Waals surface area (Å²) in [6.07, 6.45) is 2.65. The number of nitrogens with two attached hydrogens (primary N) is 1. The van der Waals surface area contributed by atoms with E-state index in [0.29, 0.717) is 35.9 Å². The van der Waals surface area contributed by atoms with Crippen LogP contribution < -0.4 is 5.73 Å². The molecule has 1 unspecified atom stereocenters. The standard InChI is InChI=1S/C13H16ClFN2O/c1-8(4-5-16)2-3-12-17-11-7-9(15)6-10(14)13(11)18-12/h6-8H,2-5,16H2,1H3. The van der Waals surface area contributed by atoms with Gasteiger partial charge in [0.15, 0.2) is 11.5 Å². The summed E-state index contributed by atoms with van der Waals surface area (Å²) >= 11 is 5.90. The third kappa shape index (κ3) is 3.00. The highest BCUT2D eigenvalue weighted by Crippen LogP contribution is 2.26. The van der Waals surface area contributed by atoms with E-state index in [1.807, 2.05) is 0 Å². The average molecular weight is 271 g/mol. The van der Waals surface area contributed by atoms with Gasteiger partial charge in [-0.25, -0.2) is 9.37 Å². The zero-order valence-electron chi connectivity index (χ0n) is 10.2. The maximum atomic E-state index is 13.1. The predicted molar refractivity (Wildman–Crippen MR) is 70.1 cm³/mol. The molecule has 0 fully saturated rings. The van der Waals surface area contributed by atoms with Crippen molar-refractivity contribution in [3.05, 3.63) is 28.9 Å². The fourth-order valence-corrected chi connectivity index (χ4v) is 2.15. The molecule has 0 radical (unpaired) electrons. The van der Waals surface area contributed by atoms with Gasteiger partial charge in [-0.15, -0.1) is 0 Å². The van der Waals surface area contributed by atoms with E-state index in [1.165, 1.54) is 12.1 Å². The van der Waals surface area contributed by atoms with Crippen LogP contribution in [-0.4, -0.2) is 11.5 Å². The Balaban J connectivity index is 2.13. The highest BCUT2D eigenvalue weighted by Gasteiger charge is 2.12. The van der Waals surface area contributed by atoms with Gasteiger partial charge in [0.2, 0.25) is 0 Å². The molecule has 18 heavy (non-hydrogen) atoms. The number of rotatable bonds is 5. The molecule has 0 aliphatic rings. The van der Waals surface area contributed by atoms with Crippen molar-refractivity contribution in [3.63, 3.8) is 0 Å². The van der Waals surface area contributed by atoms with Gasteiger partial charge in [0.1, 0.15) is 11.3 Å². The van der Waals surface area contributed by atoms with Gasteiger partial charge in [-0.2, -0.15) is 0 Å². The van der Waals surface area contributed by atoms with E-state index in [1.54, 1.807) is 0 Å². The number of hydrogen-bond donors (Lipinski definition) is 1. The number of fused-ring (bicyclic) bond motifs is 1. The third-order valence-electron chi connectivity index (χ3n) is 2.96. The topological polar surface area (TPSA) is 52.0 Å². The first kappa shape index (κ1) is 13.3. The van der Waals surface area contributed by atoms with Gasteiger partial charge in [-0.3, -0.25) is 0 Å². The van der Waals surface area contributed by atoms with Crippen molar-refractivity contribution in [1.29, 1.82) is 0 Å².